The van der Waals surface area contributed by atoms with Crippen LogP contribution < -0.4 is 10.2 Å². The first-order valence-corrected chi connectivity index (χ1v) is 16.6. The molecule has 48 heavy (non-hydrogen) atoms. The molecule has 0 fully saturated rings. The first kappa shape index (κ1) is 35.1. The van der Waals surface area contributed by atoms with Crippen LogP contribution in [0.3, 0.4) is 0 Å². The van der Waals surface area contributed by atoms with Gasteiger partial charge in [0.2, 0.25) is 17.2 Å². The van der Waals surface area contributed by atoms with Crippen molar-refractivity contribution < 1.29 is 47.3 Å². The van der Waals surface area contributed by atoms with Crippen LogP contribution in [0.5, 0.6) is 5.75 Å². The Balaban J connectivity index is 1.67. The van der Waals surface area contributed by atoms with E-state index in [1.165, 1.54) is 6.07 Å². The molecule has 0 bridgehead atoms. The van der Waals surface area contributed by atoms with Crippen LogP contribution in [-0.2, 0) is 28.9 Å². The number of phenols is 1. The number of rotatable bonds is 14. The minimum absolute atomic E-state index is 0.0109. The van der Waals surface area contributed by atoms with Gasteiger partial charge in [0.05, 0.1) is 44.5 Å². The van der Waals surface area contributed by atoms with Gasteiger partial charge in [-0.15, -0.1) is 18.9 Å². The van der Waals surface area contributed by atoms with Gasteiger partial charge in [0, 0.05) is 17.6 Å². The van der Waals surface area contributed by atoms with E-state index in [1.54, 1.807) is 29.2 Å². The topological polar surface area (TPSA) is 231 Å². The van der Waals surface area contributed by atoms with E-state index in [2.05, 4.69) is 49.2 Å². The number of aromatic nitrogens is 3. The van der Waals surface area contributed by atoms with E-state index in [4.69, 9.17) is 22.1 Å². The van der Waals surface area contributed by atoms with Gasteiger partial charge in [-0.1, -0.05) is 40.4 Å². The molecule has 5 N–H and O–H groups in total. The Morgan fingerprint density at radius 3 is 2.29 bits per heavy atom. The molecule has 0 unspecified atom stereocenters. The fourth-order valence-corrected chi connectivity index (χ4v) is 6.00. The number of nitrogens with one attached hydrogen (secondary N) is 1. The summed E-state index contributed by atoms with van der Waals surface area (Å²) < 4.78 is 43.6. The molecule has 5 aromatic rings. The average Bonchev–Trinajstić information content (AvgIpc) is 3.06. The predicted octanol–water partition coefficient (Wildman–Crippen LogP) is 7.80. The van der Waals surface area contributed by atoms with Crippen molar-refractivity contribution in [2.24, 2.45) is 10.2 Å². The van der Waals surface area contributed by atoms with Crippen LogP contribution in [0.25, 0.3) is 10.8 Å². The number of halogens is 1. The second-order valence-electron chi connectivity index (χ2n) is 9.17. The molecule has 21 heteroatoms. The molecule has 0 spiro atoms. The molecule has 0 aliphatic carbocycles. The van der Waals surface area contributed by atoms with Crippen LogP contribution in [0.2, 0.25) is 5.28 Å². The SMILES string of the molecule is CCN(c1ccccc1)c1nc(Cl)nc(Nc2cc(S(=O)(=O)O)cc3cc(SOOO)c(N=Nc4ccccc4SOOO)c(O)c23)n1. The Morgan fingerprint density at radius 1 is 0.917 bits per heavy atom. The fourth-order valence-electron chi connectivity index (χ4n) is 4.37. The highest BCUT2D eigenvalue weighted by Gasteiger charge is 2.23. The van der Waals surface area contributed by atoms with E-state index in [1.807, 2.05) is 37.3 Å². The molecule has 1 heterocycles. The van der Waals surface area contributed by atoms with Crippen molar-refractivity contribution in [3.05, 3.63) is 78.1 Å². The van der Waals surface area contributed by atoms with Crippen LogP contribution in [0.4, 0.5) is 34.6 Å². The van der Waals surface area contributed by atoms with E-state index in [9.17, 15) is 18.1 Å². The number of azo groups is 1. The van der Waals surface area contributed by atoms with Crippen LogP contribution in [0, 0.1) is 0 Å². The maximum atomic E-state index is 12.3. The summed E-state index contributed by atoms with van der Waals surface area (Å²) in [5.41, 5.74) is 0.669. The van der Waals surface area contributed by atoms with Crippen molar-refractivity contribution >= 4 is 91.2 Å². The van der Waals surface area contributed by atoms with Gasteiger partial charge in [-0.2, -0.15) is 23.4 Å². The van der Waals surface area contributed by atoms with Crippen LogP contribution in [-0.4, -0.2) is 50.1 Å². The Hall–Kier alpha value is -4.19. The van der Waals surface area contributed by atoms with E-state index >= 15 is 0 Å². The normalized spacial score (nSPS) is 11.8. The lowest BCUT2D eigenvalue weighted by Gasteiger charge is -2.21. The number of hydrogen-bond acceptors (Lipinski definition) is 18. The second kappa shape index (κ2) is 15.8. The molecule has 0 aliphatic heterocycles. The van der Waals surface area contributed by atoms with E-state index < -0.39 is 20.8 Å². The van der Waals surface area contributed by atoms with Crippen LogP contribution >= 0.6 is 35.7 Å². The molecule has 0 radical (unpaired) electrons. The molecule has 250 valence electrons. The summed E-state index contributed by atoms with van der Waals surface area (Å²) in [6, 6.07) is 19.1. The monoisotopic (exact) mass is 735 g/mol. The third-order valence-electron chi connectivity index (χ3n) is 6.32. The number of anilines is 4. The minimum atomic E-state index is -4.79. The Bertz CT molecular complexity index is 2060. The van der Waals surface area contributed by atoms with Crippen molar-refractivity contribution in [3.8, 4) is 5.75 Å². The lowest BCUT2D eigenvalue weighted by atomic mass is 10.1. The zero-order valence-corrected chi connectivity index (χ0v) is 27.4. The number of fused-ring (bicyclic) bond motifs is 1. The number of hydrogen-bond donors (Lipinski definition) is 5. The van der Waals surface area contributed by atoms with E-state index in [0.29, 0.717) is 35.5 Å². The van der Waals surface area contributed by atoms with Gasteiger partial charge in [0.1, 0.15) is 11.4 Å². The minimum Gasteiger partial charge on any atom is -0.505 e. The molecular weight excluding hydrogens is 714 g/mol. The number of phenolic OH excluding ortho intramolecular Hbond substituents is 1. The van der Waals surface area contributed by atoms with Crippen molar-refractivity contribution in [1.29, 1.82) is 0 Å². The highest BCUT2D eigenvalue weighted by Crippen LogP contribution is 2.48. The van der Waals surface area contributed by atoms with Crippen LogP contribution in [0.1, 0.15) is 6.92 Å². The van der Waals surface area contributed by atoms with Gasteiger partial charge in [-0.3, -0.25) is 4.55 Å². The van der Waals surface area contributed by atoms with Gasteiger partial charge in [0.25, 0.3) is 10.1 Å². The molecule has 4 aromatic carbocycles. The molecule has 17 nitrogen and oxygen atoms in total. The van der Waals surface area contributed by atoms with Crippen molar-refractivity contribution in [2.75, 3.05) is 16.8 Å². The zero-order valence-electron chi connectivity index (χ0n) is 24.2. The summed E-state index contributed by atoms with van der Waals surface area (Å²) in [5.74, 6) is -0.528. The Labute approximate surface area is 285 Å². The van der Waals surface area contributed by atoms with Gasteiger partial charge in [-0.25, -0.2) is 10.5 Å². The van der Waals surface area contributed by atoms with Gasteiger partial charge >= 0.3 is 0 Å². The largest absolute Gasteiger partial charge is 0.505 e. The van der Waals surface area contributed by atoms with Gasteiger partial charge in [-0.05, 0) is 66.4 Å². The smallest absolute Gasteiger partial charge is 0.294 e. The quantitative estimate of drug-likeness (QED) is 0.0240. The molecule has 0 atom stereocenters. The third-order valence-corrected chi connectivity index (χ3v) is 8.59. The number of benzene rings is 4. The van der Waals surface area contributed by atoms with Crippen molar-refractivity contribution in [1.82, 2.24) is 15.0 Å². The number of nitrogens with zero attached hydrogens (tertiary/aromatic N) is 6. The number of para-hydroxylation sites is 1. The molecule has 5 rings (SSSR count). The lowest BCUT2D eigenvalue weighted by Crippen LogP contribution is -2.19. The first-order valence-electron chi connectivity index (χ1n) is 13.3. The summed E-state index contributed by atoms with van der Waals surface area (Å²) in [6.07, 6.45) is 0. The first-order chi connectivity index (χ1) is 23.1. The van der Waals surface area contributed by atoms with Crippen molar-refractivity contribution in [2.45, 2.75) is 21.6 Å². The van der Waals surface area contributed by atoms with Gasteiger partial charge in [0.15, 0.2) is 5.75 Å². The maximum Gasteiger partial charge on any atom is 0.294 e. The maximum absolute atomic E-state index is 12.3. The number of aromatic hydroxyl groups is 1. The summed E-state index contributed by atoms with van der Waals surface area (Å²) in [6.45, 7) is 2.32. The average molecular weight is 736 g/mol. The van der Waals surface area contributed by atoms with Gasteiger partial charge < -0.3 is 15.3 Å². The molecular formula is C27H22ClN7O10S3. The summed E-state index contributed by atoms with van der Waals surface area (Å²) in [4.78, 5) is 14.3. The molecule has 0 amide bonds. The lowest BCUT2D eigenvalue weighted by molar-refractivity contribution is -0.432. The fraction of sp³-hybridized carbons (Fsp3) is 0.0741. The standard InChI is InChI=1S/C27H22ClN7O10S3/c1-2-35(16-8-4-3-5-9-16)27-31-25(28)30-26(32-27)29-19-14-17(48(39,40)41)12-15-13-21(47-45-43-38)23(24(36)22(15)19)34-33-18-10-6-7-11-20(18)46-44-42-37/h3-14,36-38H,2H2,1H3,(H,39,40,41)(H,29,30,31,32). The van der Waals surface area contributed by atoms with Crippen LogP contribution in [0.15, 0.2) is 97.7 Å². The molecule has 0 saturated heterocycles. The van der Waals surface area contributed by atoms with Crippen molar-refractivity contribution in [3.63, 3.8) is 0 Å². The van der Waals surface area contributed by atoms with E-state index in [-0.39, 0.29) is 49.9 Å². The summed E-state index contributed by atoms with van der Waals surface area (Å²) >= 11 is 7.30. The highest BCUT2D eigenvalue weighted by molar-refractivity contribution is 7.95. The Kier molecular flexibility index (Phi) is 11.6. The second-order valence-corrected chi connectivity index (χ2v) is 12.4. The predicted molar refractivity (Wildman–Crippen MR) is 175 cm³/mol. The zero-order chi connectivity index (χ0) is 34.3. The molecule has 0 saturated carbocycles. The Morgan fingerprint density at radius 2 is 1.60 bits per heavy atom. The van der Waals surface area contributed by atoms with E-state index in [0.717, 1.165) is 17.8 Å². The molecule has 1 aromatic heterocycles. The molecule has 0 aliphatic rings. The highest BCUT2D eigenvalue weighted by atomic mass is 35.5. The summed E-state index contributed by atoms with van der Waals surface area (Å²) in [7, 11) is -4.79. The third kappa shape index (κ3) is 8.26. The summed E-state index contributed by atoms with van der Waals surface area (Å²) in [5, 5.41) is 47.3.